The van der Waals surface area contributed by atoms with E-state index in [1.807, 2.05) is 0 Å². The summed E-state index contributed by atoms with van der Waals surface area (Å²) in [6, 6.07) is 7.71. The van der Waals surface area contributed by atoms with Crippen LogP contribution in [0.1, 0.15) is 18.4 Å². The van der Waals surface area contributed by atoms with Gasteiger partial charge in [-0.25, -0.2) is 4.39 Å². The van der Waals surface area contributed by atoms with E-state index in [-0.39, 0.29) is 30.6 Å². The topological polar surface area (TPSA) is 58.4 Å². The van der Waals surface area contributed by atoms with Gasteiger partial charge in [0.05, 0.1) is 13.0 Å². The Morgan fingerprint density at radius 3 is 2.62 bits per heavy atom. The molecule has 0 bridgehead atoms. The molecular weight excluding hydrogens is 335 g/mol. The highest BCUT2D eigenvalue weighted by molar-refractivity contribution is 5.86. The van der Waals surface area contributed by atoms with Crippen molar-refractivity contribution in [3.8, 4) is 0 Å². The first kappa shape index (κ1) is 18.1. The van der Waals surface area contributed by atoms with Crippen molar-refractivity contribution in [1.82, 2.24) is 19.6 Å². The van der Waals surface area contributed by atoms with Gasteiger partial charge in [0.15, 0.2) is 5.54 Å². The van der Waals surface area contributed by atoms with E-state index in [1.54, 1.807) is 59.2 Å². The first-order valence-corrected chi connectivity index (χ1v) is 8.66. The van der Waals surface area contributed by atoms with Crippen molar-refractivity contribution in [3.63, 3.8) is 0 Å². The maximum atomic E-state index is 13.1. The van der Waals surface area contributed by atoms with Crippen LogP contribution in [0.4, 0.5) is 4.39 Å². The number of halogens is 1. The molecule has 3 rings (SSSR count). The zero-order chi connectivity index (χ0) is 18.7. The smallest absolute Gasteiger partial charge is 0.251 e. The fraction of sp³-hybridized carbons (Fsp3) is 0.421. The Bertz CT molecular complexity index is 773. The molecular formula is C19H23FN4O2. The van der Waals surface area contributed by atoms with E-state index < -0.39 is 5.54 Å². The molecule has 2 aromatic rings. The summed E-state index contributed by atoms with van der Waals surface area (Å²) in [5.74, 6) is -0.465. The predicted octanol–water partition coefficient (Wildman–Crippen LogP) is 1.67. The maximum absolute atomic E-state index is 13.1. The van der Waals surface area contributed by atoms with E-state index in [2.05, 4.69) is 5.10 Å². The fourth-order valence-corrected chi connectivity index (χ4v) is 3.54. The molecule has 0 N–H and O–H groups in total. The van der Waals surface area contributed by atoms with Crippen molar-refractivity contribution < 1.29 is 14.0 Å². The van der Waals surface area contributed by atoms with Gasteiger partial charge in [0.1, 0.15) is 5.82 Å². The summed E-state index contributed by atoms with van der Waals surface area (Å²) in [7, 11) is 3.43. The minimum atomic E-state index is -0.885. The number of carbonyl (C=O) groups is 2. The second-order valence-electron chi connectivity index (χ2n) is 6.90. The third-order valence-electron chi connectivity index (χ3n) is 4.84. The molecule has 1 atom stereocenters. The number of likely N-dealkylation sites (tertiary alicyclic amines) is 1. The largest absolute Gasteiger partial charge is 0.347 e. The monoisotopic (exact) mass is 358 g/mol. The summed E-state index contributed by atoms with van der Waals surface area (Å²) in [5, 5.41) is 4.29. The van der Waals surface area contributed by atoms with Crippen molar-refractivity contribution >= 4 is 11.8 Å². The van der Waals surface area contributed by atoms with Gasteiger partial charge in [-0.3, -0.25) is 14.3 Å². The van der Waals surface area contributed by atoms with Crippen LogP contribution in [-0.2, 0) is 21.5 Å². The lowest BCUT2D eigenvalue weighted by Gasteiger charge is -2.43. The molecule has 7 heteroatoms. The molecule has 0 aliphatic carbocycles. The van der Waals surface area contributed by atoms with Crippen LogP contribution >= 0.6 is 0 Å². The van der Waals surface area contributed by atoms with E-state index in [9.17, 15) is 14.0 Å². The highest BCUT2D eigenvalue weighted by atomic mass is 19.1. The Morgan fingerprint density at radius 2 is 2.00 bits per heavy atom. The lowest BCUT2D eigenvalue weighted by atomic mass is 9.87. The maximum Gasteiger partial charge on any atom is 0.251 e. The Morgan fingerprint density at radius 1 is 1.27 bits per heavy atom. The molecule has 1 unspecified atom stereocenters. The van der Waals surface area contributed by atoms with Crippen LogP contribution < -0.4 is 0 Å². The number of hydrogen-bond donors (Lipinski definition) is 0. The molecule has 1 aliphatic heterocycles. The van der Waals surface area contributed by atoms with Crippen LogP contribution in [0.25, 0.3) is 0 Å². The summed E-state index contributed by atoms with van der Waals surface area (Å²) in [5.41, 5.74) is -0.130. The van der Waals surface area contributed by atoms with Gasteiger partial charge in [-0.1, -0.05) is 12.1 Å². The number of rotatable bonds is 4. The summed E-state index contributed by atoms with van der Waals surface area (Å²) in [4.78, 5) is 29.0. The Hall–Kier alpha value is -2.70. The normalized spacial score (nSPS) is 20.0. The molecule has 6 nitrogen and oxygen atoms in total. The minimum Gasteiger partial charge on any atom is -0.347 e. The number of hydrogen-bond acceptors (Lipinski definition) is 3. The summed E-state index contributed by atoms with van der Waals surface area (Å²) < 4.78 is 14.7. The minimum absolute atomic E-state index is 0.0690. The van der Waals surface area contributed by atoms with Crippen LogP contribution in [0.15, 0.2) is 42.7 Å². The van der Waals surface area contributed by atoms with E-state index in [1.165, 1.54) is 12.1 Å². The average molecular weight is 358 g/mol. The standard InChI is InChI=1S/C19H23FN4O2/c1-22(2)18(26)19(24-12-4-10-21-24)9-3-11-23(14-19)17(25)13-15-5-7-16(20)8-6-15/h4-8,10,12H,3,9,11,13-14H2,1-2H3. The third kappa shape index (κ3) is 3.47. The first-order valence-electron chi connectivity index (χ1n) is 8.66. The zero-order valence-electron chi connectivity index (χ0n) is 15.1. The molecule has 1 fully saturated rings. The molecule has 2 amide bonds. The van der Waals surface area contributed by atoms with Crippen LogP contribution in [0.2, 0.25) is 0 Å². The van der Waals surface area contributed by atoms with E-state index in [0.717, 1.165) is 5.56 Å². The highest BCUT2D eigenvalue weighted by Gasteiger charge is 2.46. The Labute approximate surface area is 152 Å². The Kier molecular flexibility index (Phi) is 5.06. The number of amides is 2. The molecule has 2 heterocycles. The second-order valence-corrected chi connectivity index (χ2v) is 6.90. The number of benzene rings is 1. The summed E-state index contributed by atoms with van der Waals surface area (Å²) in [6.45, 7) is 0.884. The van der Waals surface area contributed by atoms with E-state index >= 15 is 0 Å². The quantitative estimate of drug-likeness (QED) is 0.835. The van der Waals surface area contributed by atoms with Crippen molar-refractivity contribution in [1.29, 1.82) is 0 Å². The molecule has 26 heavy (non-hydrogen) atoms. The molecule has 1 aromatic carbocycles. The first-order chi connectivity index (χ1) is 12.4. The number of likely N-dealkylation sites (N-methyl/N-ethyl adjacent to an activating group) is 1. The van der Waals surface area contributed by atoms with Crippen molar-refractivity contribution in [2.45, 2.75) is 24.8 Å². The van der Waals surface area contributed by atoms with Crippen molar-refractivity contribution in [2.75, 3.05) is 27.2 Å². The van der Waals surface area contributed by atoms with Gasteiger partial charge in [0.25, 0.3) is 5.91 Å². The van der Waals surface area contributed by atoms with Gasteiger partial charge < -0.3 is 9.80 Å². The summed E-state index contributed by atoms with van der Waals surface area (Å²) in [6.07, 6.45) is 4.95. The number of carbonyl (C=O) groups excluding carboxylic acids is 2. The predicted molar refractivity (Wildman–Crippen MR) is 94.8 cm³/mol. The zero-order valence-corrected chi connectivity index (χ0v) is 15.1. The van der Waals surface area contributed by atoms with Gasteiger partial charge in [-0.2, -0.15) is 5.10 Å². The number of nitrogens with zero attached hydrogens (tertiary/aromatic N) is 4. The van der Waals surface area contributed by atoms with Crippen molar-refractivity contribution in [3.05, 3.63) is 54.1 Å². The van der Waals surface area contributed by atoms with Crippen LogP contribution in [0.5, 0.6) is 0 Å². The van der Waals surface area contributed by atoms with Gasteiger partial charge in [-0.05, 0) is 36.6 Å². The third-order valence-corrected chi connectivity index (χ3v) is 4.84. The average Bonchev–Trinajstić information content (AvgIpc) is 3.18. The molecule has 138 valence electrons. The van der Waals surface area contributed by atoms with Crippen LogP contribution in [0, 0.1) is 5.82 Å². The number of piperidine rings is 1. The van der Waals surface area contributed by atoms with E-state index in [0.29, 0.717) is 19.4 Å². The SMILES string of the molecule is CN(C)C(=O)C1(n2cccn2)CCCN(C(=O)Cc2ccc(F)cc2)C1. The van der Waals surface area contributed by atoms with Gasteiger partial charge >= 0.3 is 0 Å². The van der Waals surface area contributed by atoms with E-state index in [4.69, 9.17) is 0 Å². The second kappa shape index (κ2) is 7.27. The lowest BCUT2D eigenvalue weighted by Crippen LogP contribution is -2.59. The van der Waals surface area contributed by atoms with Gasteiger partial charge in [-0.15, -0.1) is 0 Å². The van der Waals surface area contributed by atoms with Crippen LogP contribution in [-0.4, -0.2) is 58.6 Å². The lowest BCUT2D eigenvalue weighted by molar-refractivity contribution is -0.146. The van der Waals surface area contributed by atoms with Gasteiger partial charge in [0, 0.05) is 33.0 Å². The fourth-order valence-electron chi connectivity index (χ4n) is 3.54. The molecule has 1 saturated heterocycles. The van der Waals surface area contributed by atoms with Crippen LogP contribution in [0.3, 0.4) is 0 Å². The Balaban J connectivity index is 1.82. The molecule has 0 saturated carbocycles. The molecule has 1 aliphatic rings. The molecule has 1 aromatic heterocycles. The van der Waals surface area contributed by atoms with Crippen molar-refractivity contribution in [2.24, 2.45) is 0 Å². The molecule has 0 spiro atoms. The summed E-state index contributed by atoms with van der Waals surface area (Å²) >= 11 is 0. The highest BCUT2D eigenvalue weighted by Crippen LogP contribution is 2.30. The molecule has 0 radical (unpaired) electrons. The van der Waals surface area contributed by atoms with Gasteiger partial charge in [0.2, 0.25) is 5.91 Å². The number of aromatic nitrogens is 2.